The van der Waals surface area contributed by atoms with Crippen molar-refractivity contribution >= 4 is 23.0 Å². The predicted molar refractivity (Wildman–Crippen MR) is 108 cm³/mol. The zero-order valence-corrected chi connectivity index (χ0v) is 16.2. The van der Waals surface area contributed by atoms with Crippen LogP contribution in [0.3, 0.4) is 0 Å². The van der Waals surface area contributed by atoms with Crippen LogP contribution in [0, 0.1) is 5.82 Å². The Kier molecular flexibility index (Phi) is 6.13. The molecule has 1 aromatic heterocycles. The molecule has 0 bridgehead atoms. The zero-order valence-electron chi connectivity index (χ0n) is 16.2. The molecule has 3 rings (SSSR count). The quantitative estimate of drug-likeness (QED) is 0.621. The third kappa shape index (κ3) is 4.55. The van der Waals surface area contributed by atoms with Gasteiger partial charge in [-0.3, -0.25) is 4.79 Å². The number of hydrogen-bond donors (Lipinski definition) is 2. The topological polar surface area (TPSA) is 81.7 Å². The van der Waals surface area contributed by atoms with E-state index >= 15 is 0 Å². The highest BCUT2D eigenvalue weighted by molar-refractivity contribution is 6.03. The lowest BCUT2D eigenvalue weighted by Crippen LogP contribution is -2.14. The molecule has 0 aliphatic rings. The molecule has 0 saturated heterocycles. The number of amides is 1. The molecule has 29 heavy (non-hydrogen) atoms. The summed E-state index contributed by atoms with van der Waals surface area (Å²) in [7, 11) is 4.48. The molecule has 1 amide bonds. The van der Waals surface area contributed by atoms with E-state index in [1.807, 2.05) is 0 Å². The Labute approximate surface area is 167 Å². The largest absolute Gasteiger partial charge is 0.493 e. The molecule has 0 aliphatic heterocycles. The number of rotatable bonds is 7. The summed E-state index contributed by atoms with van der Waals surface area (Å²) in [5.41, 5.74) is 1.53. The van der Waals surface area contributed by atoms with E-state index in [-0.39, 0.29) is 11.5 Å². The Morgan fingerprint density at radius 2 is 1.62 bits per heavy atom. The van der Waals surface area contributed by atoms with E-state index in [1.54, 1.807) is 36.4 Å². The summed E-state index contributed by atoms with van der Waals surface area (Å²) in [6.07, 6.45) is 1.45. The molecule has 0 atom stereocenters. The van der Waals surface area contributed by atoms with Gasteiger partial charge in [0.2, 0.25) is 5.75 Å². The number of aromatic nitrogens is 1. The number of para-hydroxylation sites is 1. The highest BCUT2D eigenvalue weighted by Crippen LogP contribution is 2.40. The Balaban J connectivity index is 1.75. The fourth-order valence-corrected chi connectivity index (χ4v) is 2.67. The van der Waals surface area contributed by atoms with Gasteiger partial charge in [-0.1, -0.05) is 12.1 Å². The predicted octanol–water partition coefficient (Wildman–Crippen LogP) is 4.24. The number of nitrogens with zero attached hydrogens (tertiary/aromatic N) is 1. The number of pyridine rings is 1. The molecule has 150 valence electrons. The zero-order chi connectivity index (χ0) is 20.8. The molecule has 0 radical (unpaired) electrons. The molecule has 3 aromatic rings. The molecule has 1 heterocycles. The van der Waals surface area contributed by atoms with Crippen LogP contribution in [-0.2, 0) is 0 Å². The minimum atomic E-state index is -0.420. The summed E-state index contributed by atoms with van der Waals surface area (Å²) in [5, 5.41) is 5.65. The third-order valence-electron chi connectivity index (χ3n) is 4.07. The van der Waals surface area contributed by atoms with E-state index < -0.39 is 5.91 Å². The first-order valence-corrected chi connectivity index (χ1v) is 8.64. The maximum absolute atomic E-state index is 13.7. The summed E-state index contributed by atoms with van der Waals surface area (Å²) in [5.74, 6) is 0.460. The van der Waals surface area contributed by atoms with Crippen molar-refractivity contribution in [2.45, 2.75) is 0 Å². The van der Waals surface area contributed by atoms with Gasteiger partial charge >= 0.3 is 0 Å². The summed E-state index contributed by atoms with van der Waals surface area (Å²) >= 11 is 0. The molecule has 2 N–H and O–H groups in total. The minimum Gasteiger partial charge on any atom is -0.493 e. The fraction of sp³-hybridized carbons (Fsp3) is 0.143. The normalized spacial score (nSPS) is 10.2. The van der Waals surface area contributed by atoms with Gasteiger partial charge in [0.25, 0.3) is 5.91 Å². The summed E-state index contributed by atoms with van der Waals surface area (Å²) in [6.45, 7) is 0. The maximum atomic E-state index is 13.7. The van der Waals surface area contributed by atoms with E-state index in [4.69, 9.17) is 14.2 Å². The monoisotopic (exact) mass is 397 g/mol. The van der Waals surface area contributed by atoms with Crippen LogP contribution in [-0.4, -0.2) is 32.2 Å². The van der Waals surface area contributed by atoms with Crippen molar-refractivity contribution in [2.24, 2.45) is 0 Å². The van der Waals surface area contributed by atoms with Crippen LogP contribution in [0.5, 0.6) is 17.2 Å². The van der Waals surface area contributed by atoms with Crippen LogP contribution >= 0.6 is 0 Å². The smallest absolute Gasteiger partial charge is 0.274 e. The number of anilines is 3. The molecule has 0 unspecified atom stereocenters. The molecular weight excluding hydrogens is 377 g/mol. The van der Waals surface area contributed by atoms with Crippen LogP contribution < -0.4 is 24.8 Å². The minimum absolute atomic E-state index is 0.192. The molecule has 0 fully saturated rings. The van der Waals surface area contributed by atoms with Gasteiger partial charge in [0, 0.05) is 17.8 Å². The Bertz CT molecular complexity index is 984. The first kappa shape index (κ1) is 19.9. The number of carbonyl (C=O) groups excluding carboxylic acids is 1. The molecule has 2 aromatic carbocycles. The van der Waals surface area contributed by atoms with Crippen molar-refractivity contribution < 1.29 is 23.4 Å². The number of halogens is 1. The molecule has 0 aliphatic carbocycles. The average Bonchev–Trinajstić information content (AvgIpc) is 2.75. The number of methoxy groups -OCH3 is 3. The van der Waals surface area contributed by atoms with Crippen LogP contribution in [0.25, 0.3) is 0 Å². The lowest BCUT2D eigenvalue weighted by Gasteiger charge is -2.14. The lowest BCUT2D eigenvalue weighted by molar-refractivity contribution is 0.102. The first-order chi connectivity index (χ1) is 14.0. The summed E-state index contributed by atoms with van der Waals surface area (Å²) < 4.78 is 29.5. The van der Waals surface area contributed by atoms with Gasteiger partial charge in [-0.15, -0.1) is 0 Å². The van der Waals surface area contributed by atoms with Gasteiger partial charge in [-0.25, -0.2) is 9.37 Å². The lowest BCUT2D eigenvalue weighted by atomic mass is 10.2. The van der Waals surface area contributed by atoms with E-state index in [1.165, 1.54) is 39.7 Å². The first-order valence-electron chi connectivity index (χ1n) is 8.64. The van der Waals surface area contributed by atoms with Gasteiger partial charge in [0.05, 0.1) is 38.9 Å². The van der Waals surface area contributed by atoms with Crippen molar-refractivity contribution in [1.29, 1.82) is 0 Å². The van der Waals surface area contributed by atoms with Gasteiger partial charge in [-0.2, -0.15) is 0 Å². The highest BCUT2D eigenvalue weighted by Gasteiger charge is 2.15. The number of hydrogen-bond acceptors (Lipinski definition) is 6. The number of benzene rings is 2. The summed E-state index contributed by atoms with van der Waals surface area (Å²) in [6, 6.07) is 12.7. The third-order valence-corrected chi connectivity index (χ3v) is 4.07. The highest BCUT2D eigenvalue weighted by atomic mass is 19.1. The van der Waals surface area contributed by atoms with Crippen molar-refractivity contribution in [3.63, 3.8) is 0 Å². The van der Waals surface area contributed by atoms with Crippen molar-refractivity contribution in [1.82, 2.24) is 4.98 Å². The molecule has 0 saturated carbocycles. The van der Waals surface area contributed by atoms with Crippen LogP contribution in [0.1, 0.15) is 10.5 Å². The summed E-state index contributed by atoms with van der Waals surface area (Å²) in [4.78, 5) is 16.7. The number of nitrogens with one attached hydrogen (secondary N) is 2. The second kappa shape index (κ2) is 8.92. The second-order valence-electron chi connectivity index (χ2n) is 5.91. The van der Waals surface area contributed by atoms with E-state index in [2.05, 4.69) is 15.6 Å². The SMILES string of the molecule is COc1cc(NC(=O)c2ccc(Nc3ccccc3F)cn2)cc(OC)c1OC. The van der Waals surface area contributed by atoms with Gasteiger partial charge in [-0.05, 0) is 24.3 Å². The Morgan fingerprint density at radius 1 is 0.931 bits per heavy atom. The number of carbonyl (C=O) groups is 1. The molecule has 0 spiro atoms. The maximum Gasteiger partial charge on any atom is 0.274 e. The van der Waals surface area contributed by atoms with Crippen molar-refractivity contribution in [3.05, 3.63) is 66.2 Å². The van der Waals surface area contributed by atoms with Gasteiger partial charge in [0.1, 0.15) is 11.5 Å². The van der Waals surface area contributed by atoms with Crippen LogP contribution in [0.2, 0.25) is 0 Å². The van der Waals surface area contributed by atoms with E-state index in [0.29, 0.717) is 34.3 Å². The standard InChI is InChI=1S/C21H20FN3O4/c1-27-18-10-14(11-19(28-2)20(18)29-3)25-21(26)17-9-8-13(12-23-17)24-16-7-5-4-6-15(16)22/h4-12,24H,1-3H3,(H,25,26). The van der Waals surface area contributed by atoms with Crippen molar-refractivity contribution in [2.75, 3.05) is 32.0 Å². The van der Waals surface area contributed by atoms with Gasteiger partial charge in [0.15, 0.2) is 11.5 Å². The molecule has 7 nitrogen and oxygen atoms in total. The van der Waals surface area contributed by atoms with Crippen LogP contribution in [0.15, 0.2) is 54.7 Å². The number of ether oxygens (including phenoxy) is 3. The Hall–Kier alpha value is -3.81. The van der Waals surface area contributed by atoms with E-state index in [0.717, 1.165) is 0 Å². The average molecular weight is 397 g/mol. The van der Waals surface area contributed by atoms with E-state index in [9.17, 15) is 9.18 Å². The molecular formula is C21H20FN3O4. The second-order valence-corrected chi connectivity index (χ2v) is 5.91. The van der Waals surface area contributed by atoms with Gasteiger partial charge < -0.3 is 24.8 Å². The Morgan fingerprint density at radius 3 is 2.17 bits per heavy atom. The van der Waals surface area contributed by atoms with Crippen LogP contribution in [0.4, 0.5) is 21.5 Å². The molecule has 8 heteroatoms. The fourth-order valence-electron chi connectivity index (χ4n) is 2.67. The van der Waals surface area contributed by atoms with Crippen molar-refractivity contribution in [3.8, 4) is 17.2 Å².